The van der Waals surface area contributed by atoms with Crippen LogP contribution >= 0.6 is 0 Å². The number of nitriles is 1. The third kappa shape index (κ3) is 3.87. The number of hydrogen-bond donors (Lipinski definition) is 2. The van der Waals surface area contributed by atoms with Gasteiger partial charge < -0.3 is 5.32 Å². The molecule has 1 heterocycles. The van der Waals surface area contributed by atoms with Crippen LogP contribution in [0.25, 0.3) is 0 Å². The van der Waals surface area contributed by atoms with Gasteiger partial charge in [-0.3, -0.25) is 4.55 Å². The Kier molecular flexibility index (Phi) is 4.59. The van der Waals surface area contributed by atoms with Gasteiger partial charge in [-0.15, -0.1) is 0 Å². The summed E-state index contributed by atoms with van der Waals surface area (Å²) in [4.78, 5) is -0.0558. The minimum atomic E-state index is -4.27. The van der Waals surface area contributed by atoms with Crippen molar-refractivity contribution in [3.63, 3.8) is 0 Å². The Labute approximate surface area is 131 Å². The normalized spacial score (nSPS) is 16.8. The maximum absolute atomic E-state index is 11.7. The van der Waals surface area contributed by atoms with Crippen LogP contribution in [0.15, 0.2) is 29.2 Å². The SMILES string of the molecule is CC1(C)CNc2c(cc(CC/C=C/C#N)cc2S(=O)(=O)O)C1. The molecule has 1 aromatic rings. The number of nitrogens with one attached hydrogen (secondary N) is 1. The first-order valence-corrected chi connectivity index (χ1v) is 8.59. The van der Waals surface area contributed by atoms with Crippen molar-refractivity contribution in [3.8, 4) is 6.07 Å². The Morgan fingerprint density at radius 2 is 2.18 bits per heavy atom. The molecule has 5 nitrogen and oxygen atoms in total. The van der Waals surface area contributed by atoms with Crippen LogP contribution in [-0.2, 0) is 23.0 Å². The van der Waals surface area contributed by atoms with Crippen LogP contribution in [0.4, 0.5) is 5.69 Å². The van der Waals surface area contributed by atoms with Crippen LogP contribution in [0, 0.1) is 16.7 Å². The Morgan fingerprint density at radius 1 is 1.45 bits per heavy atom. The van der Waals surface area contributed by atoms with Crippen LogP contribution in [0.5, 0.6) is 0 Å². The molecule has 0 amide bonds. The van der Waals surface area contributed by atoms with E-state index in [4.69, 9.17) is 5.26 Å². The Balaban J connectivity index is 2.42. The number of aryl methyl sites for hydroxylation is 1. The molecule has 0 unspecified atom stereocenters. The molecule has 0 spiro atoms. The van der Waals surface area contributed by atoms with Crippen molar-refractivity contribution in [3.05, 3.63) is 35.4 Å². The van der Waals surface area contributed by atoms with E-state index in [2.05, 4.69) is 19.2 Å². The number of rotatable bonds is 4. The predicted octanol–water partition coefficient (Wildman–Crippen LogP) is 2.94. The van der Waals surface area contributed by atoms with Gasteiger partial charge in [0.2, 0.25) is 0 Å². The summed E-state index contributed by atoms with van der Waals surface area (Å²) in [5, 5.41) is 11.6. The molecule has 118 valence electrons. The molecule has 1 aliphatic heterocycles. The van der Waals surface area contributed by atoms with Crippen molar-refractivity contribution >= 4 is 15.8 Å². The fraction of sp³-hybridized carbons (Fsp3) is 0.438. The second kappa shape index (κ2) is 6.11. The van der Waals surface area contributed by atoms with Crippen molar-refractivity contribution in [1.29, 1.82) is 5.26 Å². The molecule has 1 aromatic carbocycles. The Hall–Kier alpha value is -1.84. The molecule has 0 saturated heterocycles. The molecule has 1 aliphatic rings. The minimum absolute atomic E-state index is 0.0306. The first kappa shape index (κ1) is 16.5. The number of anilines is 1. The van der Waals surface area contributed by atoms with Gasteiger partial charge in [-0.2, -0.15) is 13.7 Å². The fourth-order valence-electron chi connectivity index (χ4n) is 2.72. The first-order valence-electron chi connectivity index (χ1n) is 7.15. The molecule has 0 fully saturated rings. The third-order valence-corrected chi connectivity index (χ3v) is 4.60. The second-order valence-electron chi connectivity index (χ2n) is 6.37. The van der Waals surface area contributed by atoms with E-state index in [0.717, 1.165) is 17.5 Å². The largest absolute Gasteiger partial charge is 0.383 e. The highest BCUT2D eigenvalue weighted by Gasteiger charge is 2.29. The molecule has 0 atom stereocenters. The molecule has 6 heteroatoms. The predicted molar refractivity (Wildman–Crippen MR) is 85.3 cm³/mol. The van der Waals surface area contributed by atoms with Crippen LogP contribution in [0.1, 0.15) is 31.4 Å². The van der Waals surface area contributed by atoms with E-state index in [9.17, 15) is 13.0 Å². The average Bonchev–Trinajstić information content (AvgIpc) is 2.40. The number of nitrogens with zero attached hydrogens (tertiary/aromatic N) is 1. The van der Waals surface area contributed by atoms with Crippen molar-refractivity contribution in [2.75, 3.05) is 11.9 Å². The smallest absolute Gasteiger partial charge is 0.296 e. The summed E-state index contributed by atoms with van der Waals surface area (Å²) in [6.45, 7) is 4.88. The number of hydrogen-bond acceptors (Lipinski definition) is 4. The summed E-state index contributed by atoms with van der Waals surface area (Å²) in [6.07, 6.45) is 5.17. The summed E-state index contributed by atoms with van der Waals surface area (Å²) in [6, 6.07) is 5.42. The van der Waals surface area contributed by atoms with Crippen molar-refractivity contribution < 1.29 is 13.0 Å². The zero-order valence-electron chi connectivity index (χ0n) is 12.8. The average molecular weight is 320 g/mol. The zero-order valence-corrected chi connectivity index (χ0v) is 13.6. The summed E-state index contributed by atoms with van der Waals surface area (Å²) < 4.78 is 32.8. The maximum Gasteiger partial charge on any atom is 0.296 e. The molecular formula is C16H20N2O3S. The third-order valence-electron chi connectivity index (χ3n) is 3.73. The monoisotopic (exact) mass is 320 g/mol. The van der Waals surface area contributed by atoms with Gasteiger partial charge in [0.25, 0.3) is 10.1 Å². The zero-order chi connectivity index (χ0) is 16.4. The molecule has 0 bridgehead atoms. The van der Waals surface area contributed by atoms with Gasteiger partial charge in [0.15, 0.2) is 0 Å². The van der Waals surface area contributed by atoms with Crippen LogP contribution in [-0.4, -0.2) is 19.5 Å². The lowest BCUT2D eigenvalue weighted by atomic mass is 9.81. The van der Waals surface area contributed by atoms with E-state index >= 15 is 0 Å². The molecule has 0 aliphatic carbocycles. The van der Waals surface area contributed by atoms with Gasteiger partial charge in [-0.25, -0.2) is 0 Å². The molecule has 22 heavy (non-hydrogen) atoms. The molecule has 0 radical (unpaired) electrons. The lowest BCUT2D eigenvalue weighted by Gasteiger charge is -2.33. The molecular weight excluding hydrogens is 300 g/mol. The molecule has 2 rings (SSSR count). The summed E-state index contributed by atoms with van der Waals surface area (Å²) in [7, 11) is -4.27. The Morgan fingerprint density at radius 3 is 2.82 bits per heavy atom. The highest BCUT2D eigenvalue weighted by Crippen LogP contribution is 2.37. The Bertz CT molecular complexity index is 743. The van der Waals surface area contributed by atoms with E-state index in [1.807, 2.05) is 12.1 Å². The van der Waals surface area contributed by atoms with Gasteiger partial charge in [0.05, 0.1) is 11.8 Å². The van der Waals surface area contributed by atoms with Gasteiger partial charge >= 0.3 is 0 Å². The van der Waals surface area contributed by atoms with Crippen molar-refractivity contribution in [1.82, 2.24) is 0 Å². The maximum atomic E-state index is 11.7. The standard InChI is InChI=1S/C16H20N2O3S/c1-16(2)10-13-8-12(6-4-3-5-7-17)9-14(22(19,20)21)15(13)18-11-16/h3,5,8-9,18H,4,6,10-11H2,1-2H3,(H,19,20,21)/b5-3+. The lowest BCUT2D eigenvalue weighted by molar-refractivity contribution is 0.377. The van der Waals surface area contributed by atoms with Crippen LogP contribution < -0.4 is 5.32 Å². The fourth-order valence-corrected chi connectivity index (χ4v) is 3.48. The lowest BCUT2D eigenvalue weighted by Crippen LogP contribution is -2.31. The van der Waals surface area contributed by atoms with E-state index in [1.54, 1.807) is 6.08 Å². The van der Waals surface area contributed by atoms with Gasteiger partial charge in [-0.1, -0.05) is 26.0 Å². The van der Waals surface area contributed by atoms with Crippen molar-refractivity contribution in [2.45, 2.75) is 38.0 Å². The van der Waals surface area contributed by atoms with Crippen molar-refractivity contribution in [2.24, 2.45) is 5.41 Å². The van der Waals surface area contributed by atoms with Gasteiger partial charge in [0, 0.05) is 12.6 Å². The summed E-state index contributed by atoms with van der Waals surface area (Å²) >= 11 is 0. The number of benzene rings is 1. The summed E-state index contributed by atoms with van der Waals surface area (Å²) in [5.74, 6) is 0. The highest BCUT2D eigenvalue weighted by molar-refractivity contribution is 7.86. The first-order chi connectivity index (χ1) is 10.2. The molecule has 2 N–H and O–H groups in total. The minimum Gasteiger partial charge on any atom is -0.383 e. The highest BCUT2D eigenvalue weighted by atomic mass is 32.2. The van der Waals surface area contributed by atoms with E-state index in [1.165, 1.54) is 12.1 Å². The second-order valence-corrected chi connectivity index (χ2v) is 7.76. The van der Waals surface area contributed by atoms with Gasteiger partial charge in [0.1, 0.15) is 4.90 Å². The number of fused-ring (bicyclic) bond motifs is 1. The molecule has 0 saturated carbocycles. The summed E-state index contributed by atoms with van der Waals surface area (Å²) in [5.41, 5.74) is 2.29. The van der Waals surface area contributed by atoms with E-state index in [-0.39, 0.29) is 10.3 Å². The quantitative estimate of drug-likeness (QED) is 0.657. The van der Waals surface area contributed by atoms with Crippen LogP contribution in [0.2, 0.25) is 0 Å². The van der Waals surface area contributed by atoms with Crippen LogP contribution in [0.3, 0.4) is 0 Å². The number of allylic oxidation sites excluding steroid dienone is 2. The topological polar surface area (TPSA) is 90.2 Å². The molecule has 0 aromatic heterocycles. The van der Waals surface area contributed by atoms with Gasteiger partial charge in [-0.05, 0) is 41.9 Å². The van der Waals surface area contributed by atoms with E-state index in [0.29, 0.717) is 25.1 Å². The van der Waals surface area contributed by atoms with E-state index < -0.39 is 10.1 Å².